The topological polar surface area (TPSA) is 40.5 Å². The maximum Gasteiger partial charge on any atom is 0.0653 e. The van der Waals surface area contributed by atoms with Crippen molar-refractivity contribution in [1.82, 2.24) is 0 Å². The molecule has 2 bridgehead atoms. The molecule has 0 heterocycles. The average molecular weight is 306 g/mol. The minimum Gasteiger partial charge on any atom is -0.396 e. The largest absolute Gasteiger partial charge is 0.396 e. The molecule has 7 atom stereocenters. The Morgan fingerprint density at radius 1 is 0.955 bits per heavy atom. The van der Waals surface area contributed by atoms with E-state index in [-0.39, 0.29) is 5.41 Å². The van der Waals surface area contributed by atoms with Gasteiger partial charge in [-0.25, -0.2) is 0 Å². The smallest absolute Gasteiger partial charge is 0.0653 e. The van der Waals surface area contributed by atoms with E-state index < -0.39 is 5.60 Å². The molecule has 0 aromatic carbocycles. The van der Waals surface area contributed by atoms with Gasteiger partial charge in [-0.05, 0) is 92.3 Å². The lowest BCUT2D eigenvalue weighted by molar-refractivity contribution is -0.234. The Morgan fingerprint density at radius 3 is 2.36 bits per heavy atom. The van der Waals surface area contributed by atoms with E-state index in [0.717, 1.165) is 12.3 Å². The highest BCUT2D eigenvalue weighted by Gasteiger charge is 2.66. The highest BCUT2D eigenvalue weighted by molar-refractivity contribution is 5.15. The van der Waals surface area contributed by atoms with E-state index in [4.69, 9.17) is 0 Å². The van der Waals surface area contributed by atoms with Crippen LogP contribution in [0.3, 0.4) is 0 Å². The van der Waals surface area contributed by atoms with Crippen LogP contribution in [0.25, 0.3) is 0 Å². The molecule has 2 N–H and O–H groups in total. The molecule has 0 radical (unpaired) electrons. The summed E-state index contributed by atoms with van der Waals surface area (Å²) in [6, 6.07) is 0. The molecule has 7 unspecified atom stereocenters. The molecule has 5 aliphatic carbocycles. The van der Waals surface area contributed by atoms with E-state index in [1.54, 1.807) is 0 Å². The maximum absolute atomic E-state index is 10.9. The monoisotopic (exact) mass is 306 g/mol. The summed E-state index contributed by atoms with van der Waals surface area (Å²) in [7, 11) is 0. The van der Waals surface area contributed by atoms with Gasteiger partial charge in [-0.3, -0.25) is 0 Å². The number of rotatable bonds is 1. The van der Waals surface area contributed by atoms with Crippen LogP contribution in [-0.2, 0) is 0 Å². The van der Waals surface area contributed by atoms with Crippen LogP contribution in [0, 0.1) is 34.0 Å². The predicted molar refractivity (Wildman–Crippen MR) is 88.4 cm³/mol. The molecule has 2 heteroatoms. The molecule has 126 valence electrons. The number of aliphatic hydroxyl groups excluding tert-OH is 1. The molecule has 5 rings (SSSR count). The van der Waals surface area contributed by atoms with Crippen molar-refractivity contribution >= 4 is 0 Å². The van der Waals surface area contributed by atoms with Crippen molar-refractivity contribution in [3.63, 3.8) is 0 Å². The minimum absolute atomic E-state index is 0.133. The van der Waals surface area contributed by atoms with Crippen LogP contribution in [0.4, 0.5) is 0 Å². The average Bonchev–Trinajstić information content (AvgIpc) is 2.45. The second-order valence-corrected chi connectivity index (χ2v) is 10.2. The van der Waals surface area contributed by atoms with Gasteiger partial charge in [0.15, 0.2) is 0 Å². The zero-order valence-corrected chi connectivity index (χ0v) is 14.7. The summed E-state index contributed by atoms with van der Waals surface area (Å²) in [4.78, 5) is 0. The van der Waals surface area contributed by atoms with E-state index in [9.17, 15) is 10.2 Å². The highest BCUT2D eigenvalue weighted by Crippen LogP contribution is 2.72. The van der Waals surface area contributed by atoms with Crippen LogP contribution >= 0.6 is 0 Å². The fourth-order valence-electron chi connectivity index (χ4n) is 8.01. The Kier molecular flexibility index (Phi) is 3.16. The Morgan fingerprint density at radius 2 is 1.68 bits per heavy atom. The van der Waals surface area contributed by atoms with Crippen molar-refractivity contribution in [2.24, 2.45) is 34.0 Å². The molecule has 0 amide bonds. The van der Waals surface area contributed by atoms with Gasteiger partial charge in [0.05, 0.1) is 5.60 Å². The lowest BCUT2D eigenvalue weighted by Crippen LogP contribution is -2.64. The van der Waals surface area contributed by atoms with Gasteiger partial charge in [0, 0.05) is 6.61 Å². The maximum atomic E-state index is 10.9. The number of fused-ring (bicyclic) bond motifs is 3. The van der Waals surface area contributed by atoms with E-state index in [1.165, 1.54) is 51.4 Å². The lowest BCUT2D eigenvalue weighted by atomic mass is 9.36. The van der Waals surface area contributed by atoms with Crippen LogP contribution in [0.2, 0.25) is 0 Å². The summed E-state index contributed by atoms with van der Waals surface area (Å²) in [5, 5.41) is 21.0. The summed E-state index contributed by atoms with van der Waals surface area (Å²) >= 11 is 0. The number of aliphatic hydroxyl groups is 2. The molecule has 0 aromatic rings. The van der Waals surface area contributed by atoms with Gasteiger partial charge >= 0.3 is 0 Å². The van der Waals surface area contributed by atoms with Gasteiger partial charge < -0.3 is 10.2 Å². The van der Waals surface area contributed by atoms with Gasteiger partial charge in [-0.2, -0.15) is 0 Å². The molecule has 5 saturated carbocycles. The first kappa shape index (κ1) is 15.4. The summed E-state index contributed by atoms with van der Waals surface area (Å²) in [5.74, 6) is 1.97. The third-order valence-electron chi connectivity index (χ3n) is 9.03. The molecule has 5 fully saturated rings. The highest BCUT2D eigenvalue weighted by atomic mass is 16.3. The van der Waals surface area contributed by atoms with E-state index in [2.05, 4.69) is 20.8 Å². The van der Waals surface area contributed by atoms with Gasteiger partial charge in [-0.1, -0.05) is 20.3 Å². The SMILES string of the molecule is CC1(O)CC23CCC1CC2C1(C)CCCC(C)(CO)C1CC3. The third-order valence-corrected chi connectivity index (χ3v) is 9.03. The van der Waals surface area contributed by atoms with E-state index in [1.807, 2.05) is 0 Å². The Hall–Kier alpha value is -0.0800. The molecule has 1 spiro atoms. The first-order chi connectivity index (χ1) is 10.3. The van der Waals surface area contributed by atoms with Crippen molar-refractivity contribution < 1.29 is 10.2 Å². The number of hydrogen-bond acceptors (Lipinski definition) is 2. The predicted octanol–water partition coefficient (Wildman–Crippen LogP) is 4.14. The zero-order chi connectivity index (χ0) is 15.8. The van der Waals surface area contributed by atoms with Crippen LogP contribution < -0.4 is 0 Å². The minimum atomic E-state index is -0.424. The van der Waals surface area contributed by atoms with Crippen molar-refractivity contribution in [3.05, 3.63) is 0 Å². The van der Waals surface area contributed by atoms with Gasteiger partial charge in [-0.15, -0.1) is 0 Å². The molecule has 2 nitrogen and oxygen atoms in total. The molecule has 0 saturated heterocycles. The van der Waals surface area contributed by atoms with Gasteiger partial charge in [0.25, 0.3) is 0 Å². The summed E-state index contributed by atoms with van der Waals surface area (Å²) in [6.07, 6.45) is 11.2. The fourth-order valence-corrected chi connectivity index (χ4v) is 8.01. The van der Waals surface area contributed by atoms with Gasteiger partial charge in [0.2, 0.25) is 0 Å². The molecule has 0 aliphatic heterocycles. The van der Waals surface area contributed by atoms with E-state index in [0.29, 0.717) is 29.3 Å². The summed E-state index contributed by atoms with van der Waals surface area (Å²) in [6.45, 7) is 7.34. The Labute approximate surface area is 135 Å². The quantitative estimate of drug-likeness (QED) is 0.764. The van der Waals surface area contributed by atoms with Crippen LogP contribution in [0.5, 0.6) is 0 Å². The lowest BCUT2D eigenvalue weighted by Gasteiger charge is -2.70. The zero-order valence-electron chi connectivity index (χ0n) is 14.7. The van der Waals surface area contributed by atoms with E-state index >= 15 is 0 Å². The van der Waals surface area contributed by atoms with Crippen molar-refractivity contribution in [3.8, 4) is 0 Å². The standard InChI is InChI=1S/C20H34O2/c1-17(13-21)7-4-8-18(2)15(17)6-10-20-9-5-14(11-16(18)20)19(3,22)12-20/h14-16,21-22H,4-13H2,1-3H3. The first-order valence-electron chi connectivity index (χ1n) is 9.59. The second-order valence-electron chi connectivity index (χ2n) is 10.2. The third kappa shape index (κ3) is 1.80. The van der Waals surface area contributed by atoms with Crippen LogP contribution in [-0.4, -0.2) is 22.4 Å². The molecule has 22 heavy (non-hydrogen) atoms. The van der Waals surface area contributed by atoms with Crippen LogP contribution in [0.1, 0.15) is 78.6 Å². The second kappa shape index (κ2) is 4.51. The first-order valence-corrected chi connectivity index (χ1v) is 9.59. The molecular formula is C20H34O2. The molecule has 0 aromatic heterocycles. The number of hydrogen-bond donors (Lipinski definition) is 2. The fraction of sp³-hybridized carbons (Fsp3) is 1.00. The summed E-state index contributed by atoms with van der Waals surface area (Å²) < 4.78 is 0. The van der Waals surface area contributed by atoms with Crippen molar-refractivity contribution in [1.29, 1.82) is 0 Å². The van der Waals surface area contributed by atoms with Crippen LogP contribution in [0.15, 0.2) is 0 Å². The van der Waals surface area contributed by atoms with Crippen molar-refractivity contribution in [2.75, 3.05) is 6.61 Å². The normalized spacial score (nSPS) is 60.7. The van der Waals surface area contributed by atoms with Crippen molar-refractivity contribution in [2.45, 2.75) is 84.2 Å². The molecular weight excluding hydrogens is 272 g/mol. The van der Waals surface area contributed by atoms with Gasteiger partial charge in [0.1, 0.15) is 0 Å². The Bertz CT molecular complexity index is 472. The molecule has 5 aliphatic rings. The Balaban J connectivity index is 1.73. The summed E-state index contributed by atoms with van der Waals surface area (Å²) in [5.41, 5.74) is 0.501.